The molecule has 0 spiro atoms. The summed E-state index contributed by atoms with van der Waals surface area (Å²) in [6.45, 7) is 3.77. The minimum absolute atomic E-state index is 0.0810. The number of thiophene rings is 1. The molecule has 4 rings (SSSR count). The van der Waals surface area contributed by atoms with Crippen LogP contribution in [0.5, 0.6) is 0 Å². The molecule has 1 amide bonds. The molecule has 1 aliphatic rings. The van der Waals surface area contributed by atoms with Crippen LogP contribution in [0.1, 0.15) is 19.8 Å². The highest BCUT2D eigenvalue weighted by atomic mass is 32.2. The van der Waals surface area contributed by atoms with Crippen LogP contribution in [-0.2, 0) is 4.79 Å². The van der Waals surface area contributed by atoms with Gasteiger partial charge in [0, 0.05) is 24.0 Å². The van der Waals surface area contributed by atoms with Crippen LogP contribution >= 0.6 is 23.1 Å². The standard InChI is InChI=1S/C20H20FN3O2S2/c1-12-3-2-8-24(9-12)16(25)11-28-20-22-18(26)17-15(10-27-19(17)23-20)13-4-6-14(21)7-5-13/h4-7,10,12H,2-3,8-9,11H2,1H3,(H,22,23,26)/t12-/m1/s1. The topological polar surface area (TPSA) is 66.1 Å². The zero-order valence-corrected chi connectivity index (χ0v) is 17.0. The van der Waals surface area contributed by atoms with Crippen molar-refractivity contribution in [2.24, 2.45) is 5.92 Å². The van der Waals surface area contributed by atoms with Crippen LogP contribution in [0.2, 0.25) is 0 Å². The minimum Gasteiger partial charge on any atom is -0.342 e. The van der Waals surface area contributed by atoms with E-state index >= 15 is 0 Å². The van der Waals surface area contributed by atoms with E-state index in [1.807, 2.05) is 10.3 Å². The van der Waals surface area contributed by atoms with Gasteiger partial charge in [-0.05, 0) is 36.5 Å². The number of amides is 1. The zero-order chi connectivity index (χ0) is 19.7. The number of halogens is 1. The van der Waals surface area contributed by atoms with Crippen molar-refractivity contribution < 1.29 is 9.18 Å². The monoisotopic (exact) mass is 417 g/mol. The second-order valence-corrected chi connectivity index (χ2v) is 8.91. The number of nitrogens with one attached hydrogen (secondary N) is 1. The Morgan fingerprint density at radius 2 is 2.18 bits per heavy atom. The van der Waals surface area contributed by atoms with Gasteiger partial charge < -0.3 is 9.88 Å². The molecule has 1 fully saturated rings. The summed E-state index contributed by atoms with van der Waals surface area (Å²) in [7, 11) is 0. The van der Waals surface area contributed by atoms with E-state index in [1.165, 1.54) is 35.2 Å². The van der Waals surface area contributed by atoms with Gasteiger partial charge in [0.1, 0.15) is 10.6 Å². The number of likely N-dealkylation sites (tertiary alicyclic amines) is 1. The summed E-state index contributed by atoms with van der Waals surface area (Å²) in [4.78, 5) is 34.9. The van der Waals surface area contributed by atoms with Gasteiger partial charge in [-0.2, -0.15) is 0 Å². The summed E-state index contributed by atoms with van der Waals surface area (Å²) in [5, 5.41) is 2.80. The second-order valence-electron chi connectivity index (χ2n) is 7.08. The molecule has 1 N–H and O–H groups in total. The Hall–Kier alpha value is -2.19. The van der Waals surface area contributed by atoms with E-state index in [4.69, 9.17) is 0 Å². The van der Waals surface area contributed by atoms with E-state index in [-0.39, 0.29) is 23.0 Å². The highest BCUT2D eigenvalue weighted by Gasteiger charge is 2.21. The van der Waals surface area contributed by atoms with Crippen molar-refractivity contribution in [3.05, 3.63) is 45.8 Å². The number of aromatic nitrogens is 2. The summed E-state index contributed by atoms with van der Waals surface area (Å²) in [6, 6.07) is 6.05. The number of hydrogen-bond donors (Lipinski definition) is 1. The number of nitrogens with zero attached hydrogens (tertiary/aromatic N) is 2. The summed E-state index contributed by atoms with van der Waals surface area (Å²) in [5.74, 6) is 0.560. The van der Waals surface area contributed by atoms with Crippen molar-refractivity contribution in [3.8, 4) is 11.1 Å². The lowest BCUT2D eigenvalue weighted by molar-refractivity contribution is -0.130. The van der Waals surface area contributed by atoms with Gasteiger partial charge in [0.05, 0.1) is 11.1 Å². The number of aromatic amines is 1. The maximum atomic E-state index is 13.2. The van der Waals surface area contributed by atoms with Crippen molar-refractivity contribution in [3.63, 3.8) is 0 Å². The van der Waals surface area contributed by atoms with Crippen molar-refractivity contribution in [2.75, 3.05) is 18.8 Å². The average molecular weight is 418 g/mol. The Kier molecular flexibility index (Phi) is 5.50. The zero-order valence-electron chi connectivity index (χ0n) is 15.4. The van der Waals surface area contributed by atoms with E-state index in [0.717, 1.165) is 37.1 Å². The van der Waals surface area contributed by atoms with Gasteiger partial charge in [0.2, 0.25) is 5.91 Å². The third kappa shape index (κ3) is 3.98. The Labute approximate surface area is 170 Å². The molecule has 1 atom stereocenters. The second kappa shape index (κ2) is 8.05. The number of carbonyl (C=O) groups is 1. The normalized spacial score (nSPS) is 17.2. The Morgan fingerprint density at radius 3 is 2.93 bits per heavy atom. The molecule has 1 saturated heterocycles. The van der Waals surface area contributed by atoms with Crippen molar-refractivity contribution in [2.45, 2.75) is 24.9 Å². The molecule has 1 aromatic carbocycles. The van der Waals surface area contributed by atoms with Gasteiger partial charge in [-0.3, -0.25) is 9.59 Å². The van der Waals surface area contributed by atoms with Gasteiger partial charge >= 0.3 is 0 Å². The summed E-state index contributed by atoms with van der Waals surface area (Å²) < 4.78 is 13.2. The lowest BCUT2D eigenvalue weighted by atomic mass is 10.0. The molecule has 146 valence electrons. The summed E-state index contributed by atoms with van der Waals surface area (Å²) >= 11 is 2.63. The highest BCUT2D eigenvalue weighted by molar-refractivity contribution is 7.99. The fraction of sp³-hybridized carbons (Fsp3) is 0.350. The van der Waals surface area contributed by atoms with Crippen molar-refractivity contribution >= 4 is 39.2 Å². The predicted molar refractivity (Wildman–Crippen MR) is 111 cm³/mol. The number of fused-ring (bicyclic) bond motifs is 1. The Morgan fingerprint density at radius 1 is 1.39 bits per heavy atom. The number of hydrogen-bond acceptors (Lipinski definition) is 5. The van der Waals surface area contributed by atoms with Gasteiger partial charge in [-0.25, -0.2) is 9.37 Å². The van der Waals surface area contributed by atoms with Crippen molar-refractivity contribution in [1.82, 2.24) is 14.9 Å². The lowest BCUT2D eigenvalue weighted by Crippen LogP contribution is -2.40. The molecule has 0 bridgehead atoms. The fourth-order valence-electron chi connectivity index (χ4n) is 3.48. The van der Waals surface area contributed by atoms with E-state index < -0.39 is 0 Å². The third-order valence-corrected chi connectivity index (χ3v) is 6.65. The van der Waals surface area contributed by atoms with E-state index in [1.54, 1.807) is 12.1 Å². The lowest BCUT2D eigenvalue weighted by Gasteiger charge is -2.30. The molecule has 0 unspecified atom stereocenters. The van der Waals surface area contributed by atoms with Crippen LogP contribution in [0.25, 0.3) is 21.3 Å². The molecule has 1 aliphatic heterocycles. The first-order chi connectivity index (χ1) is 13.5. The van der Waals surface area contributed by atoms with E-state index in [2.05, 4.69) is 16.9 Å². The molecule has 0 radical (unpaired) electrons. The first-order valence-electron chi connectivity index (χ1n) is 9.19. The molecule has 5 nitrogen and oxygen atoms in total. The van der Waals surface area contributed by atoms with E-state index in [9.17, 15) is 14.0 Å². The molecule has 2 aromatic heterocycles. The average Bonchev–Trinajstić information content (AvgIpc) is 3.11. The van der Waals surface area contributed by atoms with Gasteiger partial charge in [-0.1, -0.05) is 30.8 Å². The van der Waals surface area contributed by atoms with Crippen LogP contribution in [-0.4, -0.2) is 39.6 Å². The molecule has 0 aliphatic carbocycles. The predicted octanol–water partition coefficient (Wildman–Crippen LogP) is 4.14. The molecule has 3 aromatic rings. The quantitative estimate of drug-likeness (QED) is 0.512. The fourth-order valence-corrected chi connectivity index (χ4v) is 5.25. The van der Waals surface area contributed by atoms with Gasteiger partial charge in [0.25, 0.3) is 5.56 Å². The van der Waals surface area contributed by atoms with Crippen LogP contribution in [0.15, 0.2) is 39.6 Å². The number of rotatable bonds is 4. The smallest absolute Gasteiger partial charge is 0.260 e. The molecular formula is C20H20FN3O2S2. The number of carbonyl (C=O) groups excluding carboxylic acids is 1. The van der Waals surface area contributed by atoms with Crippen LogP contribution < -0.4 is 5.56 Å². The van der Waals surface area contributed by atoms with Crippen LogP contribution in [0.3, 0.4) is 0 Å². The SMILES string of the molecule is C[C@@H]1CCCN(C(=O)CSc2nc3scc(-c4ccc(F)cc4)c3c(=O)[nH]2)C1. The molecule has 3 heterocycles. The van der Waals surface area contributed by atoms with Gasteiger partial charge in [-0.15, -0.1) is 11.3 Å². The molecule has 0 saturated carbocycles. The maximum absolute atomic E-state index is 13.2. The minimum atomic E-state index is -0.318. The highest BCUT2D eigenvalue weighted by Crippen LogP contribution is 2.31. The van der Waals surface area contributed by atoms with Crippen LogP contribution in [0, 0.1) is 11.7 Å². The molecule has 8 heteroatoms. The van der Waals surface area contributed by atoms with Crippen molar-refractivity contribution in [1.29, 1.82) is 0 Å². The first-order valence-corrected chi connectivity index (χ1v) is 11.1. The molecular weight excluding hydrogens is 397 g/mol. The Bertz CT molecular complexity index is 1060. The first kappa shape index (κ1) is 19.1. The number of benzene rings is 1. The maximum Gasteiger partial charge on any atom is 0.260 e. The molecule has 28 heavy (non-hydrogen) atoms. The summed E-state index contributed by atoms with van der Waals surface area (Å²) in [6.07, 6.45) is 2.21. The largest absolute Gasteiger partial charge is 0.342 e. The van der Waals surface area contributed by atoms with E-state index in [0.29, 0.717) is 21.3 Å². The van der Waals surface area contributed by atoms with Crippen LogP contribution in [0.4, 0.5) is 4.39 Å². The number of H-pyrrole nitrogens is 1. The number of piperidine rings is 1. The van der Waals surface area contributed by atoms with Gasteiger partial charge in [0.15, 0.2) is 5.16 Å². The Balaban J connectivity index is 1.53. The third-order valence-electron chi connectivity index (χ3n) is 4.92. The summed E-state index contributed by atoms with van der Waals surface area (Å²) in [5.41, 5.74) is 1.27. The number of thioether (sulfide) groups is 1.